The van der Waals surface area contributed by atoms with E-state index in [0.29, 0.717) is 36.2 Å². The minimum atomic E-state index is -0.551. The molecule has 4 saturated heterocycles. The predicted molar refractivity (Wildman–Crippen MR) is 258 cm³/mol. The van der Waals surface area contributed by atoms with Gasteiger partial charge in [-0.1, -0.05) is 18.2 Å². The van der Waals surface area contributed by atoms with Gasteiger partial charge in [0, 0.05) is 101 Å². The van der Waals surface area contributed by atoms with Crippen LogP contribution in [0.5, 0.6) is 0 Å². The van der Waals surface area contributed by atoms with Gasteiger partial charge in [0.25, 0.3) is 5.91 Å². The molecule has 350 valence electrons. The Kier molecular flexibility index (Phi) is 12.8. The summed E-state index contributed by atoms with van der Waals surface area (Å²) < 4.78 is 22.8. The zero-order valence-corrected chi connectivity index (χ0v) is 38.8. The van der Waals surface area contributed by atoms with E-state index >= 15 is 4.39 Å². The number of rotatable bonds is 12. The summed E-state index contributed by atoms with van der Waals surface area (Å²) in [6.45, 7) is 10.4. The molecule has 4 aliphatic heterocycles. The van der Waals surface area contributed by atoms with E-state index in [-0.39, 0.29) is 36.0 Å². The number of anilines is 2. The van der Waals surface area contributed by atoms with Crippen LogP contribution in [0.4, 0.5) is 15.8 Å². The van der Waals surface area contributed by atoms with Gasteiger partial charge in [-0.15, -0.1) is 0 Å². The van der Waals surface area contributed by atoms with Crippen LogP contribution >= 0.6 is 0 Å². The molecule has 3 amide bonds. The number of halogens is 1. The van der Waals surface area contributed by atoms with Gasteiger partial charge >= 0.3 is 0 Å². The van der Waals surface area contributed by atoms with E-state index in [2.05, 4.69) is 96.3 Å². The topological polar surface area (TPSA) is 144 Å². The molecule has 0 radical (unpaired) electrons. The molecule has 14 nitrogen and oxygen atoms in total. The number of nitrogens with zero attached hydrogens (tertiary/aromatic N) is 7. The summed E-state index contributed by atoms with van der Waals surface area (Å²) in [6, 6.07) is 23.9. The lowest BCUT2D eigenvalue weighted by molar-refractivity contribution is -0.133. The number of benzene rings is 3. The fourth-order valence-corrected chi connectivity index (χ4v) is 11.0. The number of imidazole rings is 1. The number of hydrogen-bond donors (Lipinski definition) is 3. The number of H-pyrrole nitrogens is 1. The number of aryl methyl sites for hydroxylation is 1. The standard InChI is InChI=1S/C52H61FN10O4/c1-33(47-30-41-40(14-19-54-50(41)59(47)2)38-8-10-43-45(28-38)57-48(56-43)32-67-3)61-22-17-36(18-23-61)35-4-6-37(7-5-35)52(66)63-20-15-34(16-21-63)31-60-24-26-62(27-25-60)46-12-9-39(29-42(46)53)55-44-11-13-49(64)58-51(44)65/h4-10,12,14,19,28-30,33-34,36,44,55H,11,13,15-18,20-27,31-32H2,1-3H3,(H,56,57)(H,58,64,65)/t33-,44+/m0/s1. The number of nitrogens with one attached hydrogen (secondary N) is 3. The second-order valence-corrected chi connectivity index (χ2v) is 19.0. The van der Waals surface area contributed by atoms with Gasteiger partial charge in [-0.05, 0) is 135 Å². The molecule has 0 bridgehead atoms. The van der Waals surface area contributed by atoms with E-state index < -0.39 is 6.04 Å². The quantitative estimate of drug-likeness (QED) is 0.108. The van der Waals surface area contributed by atoms with Crippen molar-refractivity contribution in [2.45, 2.75) is 70.1 Å². The highest BCUT2D eigenvalue weighted by Crippen LogP contribution is 2.37. The number of fused-ring (bicyclic) bond motifs is 2. The number of carbonyl (C=O) groups is 3. The molecule has 0 unspecified atom stereocenters. The van der Waals surface area contributed by atoms with Gasteiger partial charge in [0.15, 0.2) is 0 Å². The fraction of sp³-hybridized carbons (Fsp3) is 0.442. The zero-order chi connectivity index (χ0) is 46.2. The average Bonchev–Trinajstić information content (AvgIpc) is 3.92. The van der Waals surface area contributed by atoms with Crippen LogP contribution < -0.4 is 15.5 Å². The lowest BCUT2D eigenvalue weighted by atomic mass is 9.88. The van der Waals surface area contributed by atoms with Gasteiger partial charge in [-0.2, -0.15) is 0 Å². The van der Waals surface area contributed by atoms with Crippen LogP contribution in [0.2, 0.25) is 0 Å². The second kappa shape index (κ2) is 19.2. The van der Waals surface area contributed by atoms with E-state index in [9.17, 15) is 14.4 Å². The van der Waals surface area contributed by atoms with Crippen LogP contribution in [0.15, 0.2) is 79.0 Å². The number of aromatic nitrogens is 4. The number of likely N-dealkylation sites (tertiary alicyclic amines) is 2. The maximum Gasteiger partial charge on any atom is 0.253 e. The summed E-state index contributed by atoms with van der Waals surface area (Å²) in [5.41, 5.74) is 9.60. The van der Waals surface area contributed by atoms with Crippen molar-refractivity contribution >= 4 is 51.2 Å². The number of amides is 3. The molecule has 7 heterocycles. The number of carbonyl (C=O) groups excluding carboxylic acids is 3. The fourth-order valence-electron chi connectivity index (χ4n) is 11.0. The third-order valence-corrected chi connectivity index (χ3v) is 14.9. The number of pyridine rings is 1. The van der Waals surface area contributed by atoms with Crippen molar-refractivity contribution in [2.75, 3.05) is 76.2 Å². The lowest BCUT2D eigenvalue weighted by Crippen LogP contribution is -2.49. The Labute approximate surface area is 390 Å². The van der Waals surface area contributed by atoms with E-state index in [1.165, 1.54) is 17.3 Å². The summed E-state index contributed by atoms with van der Waals surface area (Å²) in [5.74, 6) is 0.941. The van der Waals surface area contributed by atoms with Crippen molar-refractivity contribution in [3.63, 3.8) is 0 Å². The van der Waals surface area contributed by atoms with Crippen molar-refractivity contribution in [3.05, 3.63) is 107 Å². The Morgan fingerprint density at radius 2 is 1.67 bits per heavy atom. The third kappa shape index (κ3) is 9.41. The monoisotopic (exact) mass is 908 g/mol. The highest BCUT2D eigenvalue weighted by atomic mass is 19.1. The molecule has 0 aliphatic carbocycles. The Hall–Kier alpha value is -6.16. The first kappa shape index (κ1) is 44.7. The van der Waals surface area contributed by atoms with Gasteiger partial charge in [-0.25, -0.2) is 14.4 Å². The Bertz CT molecular complexity index is 2760. The summed E-state index contributed by atoms with van der Waals surface area (Å²) in [7, 11) is 3.80. The van der Waals surface area contributed by atoms with Crippen molar-refractivity contribution in [1.82, 2.24) is 39.5 Å². The zero-order valence-electron chi connectivity index (χ0n) is 38.8. The largest absolute Gasteiger partial charge is 0.377 e. The van der Waals surface area contributed by atoms with Crippen molar-refractivity contribution in [1.29, 1.82) is 0 Å². The van der Waals surface area contributed by atoms with Crippen LogP contribution in [0.1, 0.15) is 84.8 Å². The average molecular weight is 909 g/mol. The lowest BCUT2D eigenvalue weighted by Gasteiger charge is -2.39. The van der Waals surface area contributed by atoms with Crippen LogP contribution in [0.3, 0.4) is 0 Å². The number of methoxy groups -OCH3 is 1. The van der Waals surface area contributed by atoms with Crippen LogP contribution in [-0.4, -0.2) is 124 Å². The first-order valence-electron chi connectivity index (χ1n) is 24.0. The van der Waals surface area contributed by atoms with Crippen molar-refractivity contribution < 1.29 is 23.5 Å². The Balaban J connectivity index is 0.677. The van der Waals surface area contributed by atoms with Gasteiger partial charge in [-0.3, -0.25) is 29.5 Å². The van der Waals surface area contributed by atoms with E-state index in [4.69, 9.17) is 9.72 Å². The van der Waals surface area contributed by atoms with Crippen LogP contribution in [0, 0.1) is 11.7 Å². The molecule has 2 atom stereocenters. The highest BCUT2D eigenvalue weighted by Gasteiger charge is 2.31. The number of piperidine rings is 3. The molecule has 0 spiro atoms. The summed E-state index contributed by atoms with van der Waals surface area (Å²) in [4.78, 5) is 59.3. The van der Waals surface area contributed by atoms with E-state index in [1.54, 1.807) is 19.2 Å². The van der Waals surface area contributed by atoms with Gasteiger partial charge in [0.2, 0.25) is 11.8 Å². The van der Waals surface area contributed by atoms with Gasteiger partial charge in [0.1, 0.15) is 29.9 Å². The molecule has 0 saturated carbocycles. The maximum absolute atomic E-state index is 15.3. The number of piperazine rings is 1. The molecular formula is C52H61FN10O4. The van der Waals surface area contributed by atoms with E-state index in [1.807, 2.05) is 23.2 Å². The number of hydrogen-bond acceptors (Lipinski definition) is 10. The third-order valence-electron chi connectivity index (χ3n) is 14.9. The number of imide groups is 1. The summed E-state index contributed by atoms with van der Waals surface area (Å²) in [5, 5.41) is 6.55. The number of ether oxygens (including phenoxy) is 1. The molecule has 3 aromatic heterocycles. The van der Waals surface area contributed by atoms with E-state index in [0.717, 1.165) is 129 Å². The molecule has 6 aromatic rings. The summed E-state index contributed by atoms with van der Waals surface area (Å²) in [6.07, 6.45) is 6.65. The summed E-state index contributed by atoms with van der Waals surface area (Å²) >= 11 is 0. The molecule has 67 heavy (non-hydrogen) atoms. The molecule has 3 N–H and O–H groups in total. The highest BCUT2D eigenvalue weighted by molar-refractivity contribution is 6.01. The first-order chi connectivity index (χ1) is 32.6. The number of aromatic amines is 1. The minimum absolute atomic E-state index is 0.119. The predicted octanol–water partition coefficient (Wildman–Crippen LogP) is 7.23. The maximum atomic E-state index is 15.3. The molecule has 4 fully saturated rings. The van der Waals surface area contributed by atoms with Gasteiger partial charge in [0.05, 0.1) is 16.7 Å². The second-order valence-electron chi connectivity index (χ2n) is 19.0. The van der Waals surface area contributed by atoms with Crippen molar-refractivity contribution in [2.24, 2.45) is 13.0 Å². The van der Waals surface area contributed by atoms with Crippen LogP contribution in [0.25, 0.3) is 33.2 Å². The van der Waals surface area contributed by atoms with Crippen molar-refractivity contribution in [3.8, 4) is 11.1 Å². The Morgan fingerprint density at radius 3 is 2.40 bits per heavy atom. The Morgan fingerprint density at radius 1 is 0.896 bits per heavy atom. The molecular weight excluding hydrogens is 848 g/mol. The molecule has 3 aromatic carbocycles. The molecule has 15 heteroatoms. The minimum Gasteiger partial charge on any atom is -0.377 e. The molecule has 10 rings (SSSR count). The van der Waals surface area contributed by atoms with Crippen LogP contribution in [-0.2, 0) is 28.0 Å². The molecule has 4 aliphatic rings. The SMILES string of the molecule is COCc1nc2ccc(-c3ccnc4c3cc([C@H](C)N3CCC(c5ccc(C(=O)N6CCC(CN7CCN(c8ccc(N[C@@H]9CCC(=O)NC9=O)cc8F)CC7)CC6)cc5)CC3)n4C)cc2[nH]1. The van der Waals surface area contributed by atoms with Gasteiger partial charge < -0.3 is 29.4 Å². The normalized spacial score (nSPS) is 19.9. The first-order valence-corrected chi connectivity index (χ1v) is 24.0. The smallest absolute Gasteiger partial charge is 0.253 e.